The normalized spacial score (nSPS) is 9.33. The molecule has 2 aromatic rings. The lowest BCUT2D eigenvalue weighted by molar-refractivity contribution is 1.11. The molecule has 88 valence electrons. The first-order valence-electron chi connectivity index (χ1n) is 6.03. The second-order valence-electron chi connectivity index (χ2n) is 4.01. The van der Waals surface area contributed by atoms with E-state index in [1.165, 1.54) is 0 Å². The van der Waals surface area contributed by atoms with Crippen molar-refractivity contribution in [3.05, 3.63) is 71.8 Å². The van der Waals surface area contributed by atoms with Gasteiger partial charge in [0, 0.05) is 24.1 Å². The number of benzene rings is 2. The fourth-order valence-electron chi connectivity index (χ4n) is 1.66. The average molecular weight is 233 g/mol. The molecule has 0 aliphatic rings. The van der Waals surface area contributed by atoms with Gasteiger partial charge in [-0.15, -0.1) is 0 Å². The van der Waals surface area contributed by atoms with Crippen LogP contribution in [0.3, 0.4) is 0 Å². The van der Waals surface area contributed by atoms with E-state index >= 15 is 0 Å². The van der Waals surface area contributed by atoms with Gasteiger partial charge in [-0.05, 0) is 17.7 Å². The van der Waals surface area contributed by atoms with Crippen LogP contribution < -0.4 is 0 Å². The molecule has 0 amide bonds. The highest BCUT2D eigenvalue weighted by Crippen LogP contribution is 2.04. The van der Waals surface area contributed by atoms with Gasteiger partial charge in [-0.25, -0.2) is 0 Å². The Balaban J connectivity index is 1.87. The van der Waals surface area contributed by atoms with Crippen molar-refractivity contribution in [3.8, 4) is 11.8 Å². The molecule has 0 aliphatic carbocycles. The zero-order valence-corrected chi connectivity index (χ0v) is 10.2. The Labute approximate surface area is 108 Å². The standard InChI is InChI=1S/C17H15N/c18-17(16-12-5-2-6-13-16)14-8-7-11-15-9-3-1-4-10-15/h1-6,9-10,12-13,18H,8,14H2. The van der Waals surface area contributed by atoms with Crippen LogP contribution in [0.4, 0.5) is 0 Å². The van der Waals surface area contributed by atoms with Crippen LogP contribution in [0.2, 0.25) is 0 Å². The molecule has 0 aliphatic heterocycles. The van der Waals surface area contributed by atoms with E-state index in [9.17, 15) is 0 Å². The minimum absolute atomic E-state index is 0.651. The predicted molar refractivity (Wildman–Crippen MR) is 75.8 cm³/mol. The summed E-state index contributed by atoms with van der Waals surface area (Å²) in [5.74, 6) is 6.22. The molecular formula is C17H15N. The van der Waals surface area contributed by atoms with Gasteiger partial charge in [-0.3, -0.25) is 0 Å². The summed E-state index contributed by atoms with van der Waals surface area (Å²) >= 11 is 0. The Morgan fingerprint density at radius 3 is 2.17 bits per heavy atom. The summed E-state index contributed by atoms with van der Waals surface area (Å²) in [6.07, 6.45) is 1.42. The van der Waals surface area contributed by atoms with Crippen molar-refractivity contribution in [2.45, 2.75) is 12.8 Å². The fourth-order valence-corrected chi connectivity index (χ4v) is 1.66. The molecule has 2 rings (SSSR count). The first-order chi connectivity index (χ1) is 8.86. The van der Waals surface area contributed by atoms with Gasteiger partial charge in [0.15, 0.2) is 0 Å². The molecule has 1 nitrogen and oxygen atoms in total. The van der Waals surface area contributed by atoms with Crippen LogP contribution in [-0.2, 0) is 0 Å². The molecule has 0 saturated carbocycles. The van der Waals surface area contributed by atoms with Crippen molar-refractivity contribution in [3.63, 3.8) is 0 Å². The van der Waals surface area contributed by atoms with Gasteiger partial charge < -0.3 is 5.41 Å². The van der Waals surface area contributed by atoms with Crippen molar-refractivity contribution < 1.29 is 0 Å². The highest BCUT2D eigenvalue weighted by Gasteiger charge is 1.98. The van der Waals surface area contributed by atoms with Gasteiger partial charge >= 0.3 is 0 Å². The molecule has 0 saturated heterocycles. The Morgan fingerprint density at radius 1 is 0.889 bits per heavy atom. The lowest BCUT2D eigenvalue weighted by Crippen LogP contribution is -1.97. The van der Waals surface area contributed by atoms with Crippen molar-refractivity contribution in [2.24, 2.45) is 0 Å². The molecule has 0 atom stereocenters. The zero-order valence-electron chi connectivity index (χ0n) is 10.2. The quantitative estimate of drug-likeness (QED) is 0.614. The van der Waals surface area contributed by atoms with Crippen LogP contribution in [0.25, 0.3) is 0 Å². The Morgan fingerprint density at radius 2 is 1.50 bits per heavy atom. The minimum atomic E-state index is 0.651. The molecule has 0 aromatic heterocycles. The number of hydrogen-bond donors (Lipinski definition) is 1. The van der Waals surface area contributed by atoms with Crippen LogP contribution >= 0.6 is 0 Å². The van der Waals surface area contributed by atoms with E-state index in [4.69, 9.17) is 5.41 Å². The molecule has 0 heterocycles. The van der Waals surface area contributed by atoms with Gasteiger partial charge in [0.05, 0.1) is 0 Å². The van der Waals surface area contributed by atoms with Crippen LogP contribution in [-0.4, -0.2) is 5.71 Å². The summed E-state index contributed by atoms with van der Waals surface area (Å²) in [5, 5.41) is 7.94. The molecule has 2 aromatic carbocycles. The Kier molecular flexibility index (Phi) is 4.33. The zero-order chi connectivity index (χ0) is 12.6. The fraction of sp³-hybridized carbons (Fsp3) is 0.118. The third kappa shape index (κ3) is 3.61. The molecule has 0 spiro atoms. The summed E-state index contributed by atoms with van der Waals surface area (Å²) in [4.78, 5) is 0. The Hall–Kier alpha value is -2.33. The highest BCUT2D eigenvalue weighted by atomic mass is 14.4. The maximum Gasteiger partial charge on any atom is 0.0395 e. The van der Waals surface area contributed by atoms with Gasteiger partial charge in [0.1, 0.15) is 0 Å². The second kappa shape index (κ2) is 6.42. The van der Waals surface area contributed by atoms with E-state index in [1.54, 1.807) is 0 Å². The Bertz CT molecular complexity index is 559. The first-order valence-corrected chi connectivity index (χ1v) is 6.03. The summed E-state index contributed by atoms with van der Waals surface area (Å²) in [7, 11) is 0. The van der Waals surface area contributed by atoms with E-state index in [0.717, 1.165) is 17.5 Å². The van der Waals surface area contributed by atoms with E-state index in [2.05, 4.69) is 11.8 Å². The maximum absolute atomic E-state index is 7.94. The molecule has 0 radical (unpaired) electrons. The molecule has 18 heavy (non-hydrogen) atoms. The van der Waals surface area contributed by atoms with Crippen molar-refractivity contribution in [1.82, 2.24) is 0 Å². The van der Waals surface area contributed by atoms with E-state index in [1.807, 2.05) is 60.7 Å². The summed E-state index contributed by atoms with van der Waals surface area (Å²) in [6.45, 7) is 0. The topological polar surface area (TPSA) is 23.9 Å². The van der Waals surface area contributed by atoms with Crippen molar-refractivity contribution in [2.75, 3.05) is 0 Å². The van der Waals surface area contributed by atoms with Crippen LogP contribution in [0, 0.1) is 17.3 Å². The van der Waals surface area contributed by atoms with Crippen molar-refractivity contribution >= 4 is 5.71 Å². The molecule has 0 fully saturated rings. The molecular weight excluding hydrogens is 218 g/mol. The largest absolute Gasteiger partial charge is 0.305 e. The lowest BCUT2D eigenvalue weighted by atomic mass is 10.1. The van der Waals surface area contributed by atoms with Gasteiger partial charge in [-0.2, -0.15) is 0 Å². The van der Waals surface area contributed by atoms with Crippen molar-refractivity contribution in [1.29, 1.82) is 5.41 Å². The van der Waals surface area contributed by atoms with Crippen LogP contribution in [0.1, 0.15) is 24.0 Å². The van der Waals surface area contributed by atoms with E-state index < -0.39 is 0 Å². The second-order valence-corrected chi connectivity index (χ2v) is 4.01. The van der Waals surface area contributed by atoms with Gasteiger partial charge in [-0.1, -0.05) is 60.4 Å². The highest BCUT2D eigenvalue weighted by molar-refractivity contribution is 5.98. The van der Waals surface area contributed by atoms with Crippen LogP contribution in [0.5, 0.6) is 0 Å². The average Bonchev–Trinajstić information content (AvgIpc) is 2.45. The SMILES string of the molecule is N=C(CCC#Cc1ccccc1)c1ccccc1. The molecule has 0 bridgehead atoms. The third-order valence-corrected chi connectivity index (χ3v) is 2.63. The number of nitrogens with one attached hydrogen (secondary N) is 1. The summed E-state index contributed by atoms with van der Waals surface area (Å²) in [5.41, 5.74) is 2.67. The minimum Gasteiger partial charge on any atom is -0.305 e. The van der Waals surface area contributed by atoms with E-state index in [-0.39, 0.29) is 0 Å². The molecule has 1 heteroatoms. The predicted octanol–water partition coefficient (Wildman–Crippen LogP) is 3.89. The van der Waals surface area contributed by atoms with E-state index in [0.29, 0.717) is 12.1 Å². The lowest BCUT2D eigenvalue weighted by Gasteiger charge is -2.00. The first kappa shape index (κ1) is 12.1. The summed E-state index contributed by atoms with van der Waals surface area (Å²) in [6, 6.07) is 19.7. The number of hydrogen-bond acceptors (Lipinski definition) is 1. The number of rotatable bonds is 3. The van der Waals surface area contributed by atoms with Gasteiger partial charge in [0.25, 0.3) is 0 Å². The van der Waals surface area contributed by atoms with Gasteiger partial charge in [0.2, 0.25) is 0 Å². The third-order valence-electron chi connectivity index (χ3n) is 2.63. The summed E-state index contributed by atoms with van der Waals surface area (Å²) < 4.78 is 0. The maximum atomic E-state index is 7.94. The monoisotopic (exact) mass is 233 g/mol. The molecule has 0 unspecified atom stereocenters. The van der Waals surface area contributed by atoms with Crippen LogP contribution in [0.15, 0.2) is 60.7 Å². The smallest absolute Gasteiger partial charge is 0.0395 e. The molecule has 1 N–H and O–H groups in total.